The Morgan fingerprint density at radius 1 is 1.00 bits per heavy atom. The summed E-state index contributed by atoms with van der Waals surface area (Å²) in [5.74, 6) is 1.88. The second kappa shape index (κ2) is 14.9. The van der Waals surface area contributed by atoms with Gasteiger partial charge in [-0.1, -0.05) is 6.92 Å². The van der Waals surface area contributed by atoms with Crippen LogP contribution in [0.3, 0.4) is 0 Å². The molecule has 154 valence electrons. The van der Waals surface area contributed by atoms with E-state index in [-0.39, 0.29) is 24.0 Å². The highest BCUT2D eigenvalue weighted by molar-refractivity contribution is 14.0. The highest BCUT2D eigenvalue weighted by Crippen LogP contribution is 2.15. The lowest BCUT2D eigenvalue weighted by Crippen LogP contribution is -2.41. The maximum atomic E-state index is 5.39. The first-order valence-electron chi connectivity index (χ1n) is 10.3. The topological polar surface area (TPSA) is 52.1 Å². The van der Waals surface area contributed by atoms with Gasteiger partial charge < -0.3 is 20.3 Å². The Balaban J connectivity index is 0.00000338. The van der Waals surface area contributed by atoms with Gasteiger partial charge in [-0.2, -0.15) is 0 Å². The van der Waals surface area contributed by atoms with E-state index in [0.29, 0.717) is 0 Å². The molecule has 0 unspecified atom stereocenters. The number of rotatable bonds is 9. The third kappa shape index (κ3) is 10.3. The Bertz CT molecular complexity index is 369. The van der Waals surface area contributed by atoms with Crippen LogP contribution in [0.2, 0.25) is 0 Å². The molecule has 0 aromatic rings. The summed E-state index contributed by atoms with van der Waals surface area (Å²) in [5.41, 5.74) is 0. The zero-order chi connectivity index (χ0) is 17.7. The molecule has 0 spiro atoms. The van der Waals surface area contributed by atoms with Crippen molar-refractivity contribution in [3.63, 3.8) is 0 Å². The van der Waals surface area contributed by atoms with Crippen LogP contribution < -0.4 is 10.6 Å². The predicted molar refractivity (Wildman–Crippen MR) is 121 cm³/mol. The molecule has 2 heterocycles. The van der Waals surface area contributed by atoms with Crippen LogP contribution in [0.1, 0.15) is 39.5 Å². The second-order valence-electron chi connectivity index (χ2n) is 7.37. The highest BCUT2D eigenvalue weighted by atomic mass is 127. The number of hydrogen-bond acceptors (Lipinski definition) is 4. The van der Waals surface area contributed by atoms with Crippen molar-refractivity contribution in [3.8, 4) is 0 Å². The van der Waals surface area contributed by atoms with Gasteiger partial charge >= 0.3 is 0 Å². The van der Waals surface area contributed by atoms with Gasteiger partial charge in [0, 0.05) is 32.7 Å². The van der Waals surface area contributed by atoms with Crippen LogP contribution in [0.15, 0.2) is 4.99 Å². The summed E-state index contributed by atoms with van der Waals surface area (Å²) in [4.78, 5) is 9.81. The molecule has 0 saturated carbocycles. The normalized spacial score (nSPS) is 20.6. The Hall–Kier alpha value is -0.120. The van der Waals surface area contributed by atoms with Crippen molar-refractivity contribution in [2.75, 3.05) is 72.1 Å². The summed E-state index contributed by atoms with van der Waals surface area (Å²) in [7, 11) is 0. The van der Waals surface area contributed by atoms with E-state index >= 15 is 0 Å². The van der Waals surface area contributed by atoms with Crippen LogP contribution in [-0.4, -0.2) is 87.9 Å². The molecule has 2 aliphatic heterocycles. The molecule has 6 nitrogen and oxygen atoms in total. The first-order valence-corrected chi connectivity index (χ1v) is 10.3. The van der Waals surface area contributed by atoms with E-state index in [1.165, 1.54) is 32.5 Å². The van der Waals surface area contributed by atoms with Gasteiger partial charge in [-0.15, -0.1) is 24.0 Å². The van der Waals surface area contributed by atoms with Gasteiger partial charge in [0.2, 0.25) is 0 Å². The SMILES string of the molecule is CCNC(=NCCCN1CCC(C)CC1)NCCCN1CCOCC1.I. The van der Waals surface area contributed by atoms with Gasteiger partial charge in [-0.3, -0.25) is 9.89 Å². The van der Waals surface area contributed by atoms with E-state index in [0.717, 1.165) is 77.2 Å². The molecule has 2 saturated heterocycles. The fourth-order valence-corrected chi connectivity index (χ4v) is 3.45. The molecular weight excluding hydrogens is 441 g/mol. The number of aliphatic imine (C=N–C) groups is 1. The van der Waals surface area contributed by atoms with Gasteiger partial charge in [0.15, 0.2) is 5.96 Å². The van der Waals surface area contributed by atoms with E-state index in [1.807, 2.05) is 0 Å². The summed E-state index contributed by atoms with van der Waals surface area (Å²) in [5, 5.41) is 6.83. The Labute approximate surface area is 177 Å². The number of piperidine rings is 1. The molecule has 0 aromatic carbocycles. The smallest absolute Gasteiger partial charge is 0.191 e. The lowest BCUT2D eigenvalue weighted by molar-refractivity contribution is 0.0376. The van der Waals surface area contributed by atoms with Crippen molar-refractivity contribution in [1.82, 2.24) is 20.4 Å². The van der Waals surface area contributed by atoms with Crippen LogP contribution >= 0.6 is 24.0 Å². The number of nitrogens with one attached hydrogen (secondary N) is 2. The number of ether oxygens (including phenoxy) is 1. The first-order chi connectivity index (χ1) is 12.3. The van der Waals surface area contributed by atoms with Crippen LogP contribution in [0.5, 0.6) is 0 Å². The molecular formula is C19H40IN5O. The van der Waals surface area contributed by atoms with E-state index in [9.17, 15) is 0 Å². The molecule has 2 fully saturated rings. The van der Waals surface area contributed by atoms with Gasteiger partial charge in [0.05, 0.1) is 13.2 Å². The average Bonchev–Trinajstić information content (AvgIpc) is 2.64. The molecule has 0 atom stereocenters. The number of morpholine rings is 1. The summed E-state index contributed by atoms with van der Waals surface area (Å²) >= 11 is 0. The average molecular weight is 481 g/mol. The summed E-state index contributed by atoms with van der Waals surface area (Å²) < 4.78 is 5.39. The lowest BCUT2D eigenvalue weighted by atomic mass is 9.99. The maximum absolute atomic E-state index is 5.39. The predicted octanol–water partition coefficient (Wildman–Crippen LogP) is 2.00. The molecule has 0 aliphatic carbocycles. The second-order valence-corrected chi connectivity index (χ2v) is 7.37. The monoisotopic (exact) mass is 481 g/mol. The van der Waals surface area contributed by atoms with Crippen molar-refractivity contribution in [2.45, 2.75) is 39.5 Å². The third-order valence-electron chi connectivity index (χ3n) is 5.17. The number of hydrogen-bond donors (Lipinski definition) is 2. The largest absolute Gasteiger partial charge is 0.379 e. The van der Waals surface area contributed by atoms with Crippen LogP contribution in [0.4, 0.5) is 0 Å². The van der Waals surface area contributed by atoms with Gasteiger partial charge in [0.25, 0.3) is 0 Å². The van der Waals surface area contributed by atoms with Gasteiger partial charge in [-0.05, 0) is 64.7 Å². The van der Waals surface area contributed by atoms with Crippen molar-refractivity contribution in [1.29, 1.82) is 0 Å². The molecule has 0 radical (unpaired) electrons. The molecule has 2 aliphatic rings. The minimum absolute atomic E-state index is 0. The zero-order valence-corrected chi connectivity index (χ0v) is 19.2. The van der Waals surface area contributed by atoms with Crippen molar-refractivity contribution >= 4 is 29.9 Å². The molecule has 26 heavy (non-hydrogen) atoms. The fraction of sp³-hybridized carbons (Fsp3) is 0.947. The number of halogens is 1. The van der Waals surface area contributed by atoms with E-state index in [4.69, 9.17) is 9.73 Å². The van der Waals surface area contributed by atoms with Gasteiger partial charge in [-0.25, -0.2) is 0 Å². The molecule has 2 rings (SSSR count). The Morgan fingerprint density at radius 3 is 2.35 bits per heavy atom. The zero-order valence-electron chi connectivity index (χ0n) is 16.8. The summed E-state index contributed by atoms with van der Waals surface area (Å²) in [6, 6.07) is 0. The molecule has 0 amide bonds. The number of guanidine groups is 1. The quantitative estimate of drug-likeness (QED) is 0.229. The third-order valence-corrected chi connectivity index (χ3v) is 5.17. The van der Waals surface area contributed by atoms with E-state index in [2.05, 4.69) is 34.3 Å². The summed E-state index contributed by atoms with van der Waals surface area (Å²) in [6.45, 7) is 16.1. The van der Waals surface area contributed by atoms with Crippen molar-refractivity contribution in [2.24, 2.45) is 10.9 Å². The molecule has 7 heteroatoms. The van der Waals surface area contributed by atoms with Crippen LogP contribution in [-0.2, 0) is 4.74 Å². The minimum atomic E-state index is 0. The summed E-state index contributed by atoms with van der Waals surface area (Å²) in [6.07, 6.45) is 5.02. The van der Waals surface area contributed by atoms with E-state index in [1.54, 1.807) is 0 Å². The first kappa shape index (κ1) is 23.9. The number of likely N-dealkylation sites (tertiary alicyclic amines) is 1. The maximum Gasteiger partial charge on any atom is 0.191 e. The lowest BCUT2D eigenvalue weighted by Gasteiger charge is -2.29. The molecule has 0 bridgehead atoms. The van der Waals surface area contributed by atoms with Crippen molar-refractivity contribution in [3.05, 3.63) is 0 Å². The van der Waals surface area contributed by atoms with Crippen molar-refractivity contribution < 1.29 is 4.74 Å². The number of nitrogens with zero attached hydrogens (tertiary/aromatic N) is 3. The Morgan fingerprint density at radius 2 is 1.65 bits per heavy atom. The Kier molecular flexibility index (Phi) is 13.7. The molecule has 0 aromatic heterocycles. The van der Waals surface area contributed by atoms with Crippen LogP contribution in [0, 0.1) is 5.92 Å². The fourth-order valence-electron chi connectivity index (χ4n) is 3.45. The minimum Gasteiger partial charge on any atom is -0.379 e. The standard InChI is InChI=1S/C19H39N5O.HI/c1-3-20-19(22-9-5-11-24-14-16-25-17-15-24)21-8-4-10-23-12-6-18(2)7-13-23;/h18H,3-17H2,1-2H3,(H2,20,21,22);1H. The van der Waals surface area contributed by atoms with Crippen LogP contribution in [0.25, 0.3) is 0 Å². The molecule has 2 N–H and O–H groups in total. The van der Waals surface area contributed by atoms with E-state index < -0.39 is 0 Å². The van der Waals surface area contributed by atoms with Gasteiger partial charge in [0.1, 0.15) is 0 Å². The highest BCUT2D eigenvalue weighted by Gasteiger charge is 2.14.